The van der Waals surface area contributed by atoms with Gasteiger partial charge < -0.3 is 4.98 Å². The van der Waals surface area contributed by atoms with E-state index in [1.807, 2.05) is 11.7 Å². The number of nitrogens with zero attached hydrogens (tertiary/aromatic N) is 4. The maximum Gasteiger partial charge on any atom is 0.179 e. The van der Waals surface area contributed by atoms with Gasteiger partial charge in [-0.15, -0.1) is 0 Å². The molecular weight excluding hydrogens is 270 g/mol. The van der Waals surface area contributed by atoms with Gasteiger partial charge in [0, 0.05) is 19.6 Å². The van der Waals surface area contributed by atoms with E-state index in [0.717, 1.165) is 22.4 Å². The number of hydrogen-bond acceptors (Lipinski definition) is 3. The van der Waals surface area contributed by atoms with Crippen LogP contribution in [0.3, 0.4) is 0 Å². The molecule has 2 aromatic heterocycles. The fourth-order valence-electron chi connectivity index (χ4n) is 4.15. The minimum Gasteiger partial charge on any atom is -0.328 e. The Morgan fingerprint density at radius 2 is 2.15 bits per heavy atom. The summed E-state index contributed by atoms with van der Waals surface area (Å²) in [6.07, 6.45) is 4.77. The second kappa shape index (κ2) is 4.43. The van der Waals surface area contributed by atoms with Crippen LogP contribution in [0.2, 0.25) is 0 Å². The Labute approximate surface area is 123 Å². The Balaban J connectivity index is 1.89. The minimum atomic E-state index is 0.513. The molecule has 4 heterocycles. The lowest BCUT2D eigenvalue weighted by atomic mass is 10.1. The van der Waals surface area contributed by atoms with Gasteiger partial charge in [-0.05, 0) is 44.4 Å². The van der Waals surface area contributed by atoms with Gasteiger partial charge in [0.1, 0.15) is 5.52 Å². The van der Waals surface area contributed by atoms with Crippen molar-refractivity contribution in [1.82, 2.24) is 24.2 Å². The highest BCUT2D eigenvalue weighted by molar-refractivity contribution is 7.71. The van der Waals surface area contributed by atoms with Crippen molar-refractivity contribution in [1.29, 1.82) is 0 Å². The van der Waals surface area contributed by atoms with Crippen molar-refractivity contribution in [2.45, 2.75) is 44.7 Å². The molecule has 6 heteroatoms. The molecule has 2 saturated heterocycles. The van der Waals surface area contributed by atoms with Crippen LogP contribution in [0.25, 0.3) is 11.2 Å². The molecule has 0 saturated carbocycles. The normalized spacial score (nSPS) is 26.7. The van der Waals surface area contributed by atoms with Gasteiger partial charge in [0.25, 0.3) is 0 Å². The van der Waals surface area contributed by atoms with Gasteiger partial charge in [-0.1, -0.05) is 6.92 Å². The summed E-state index contributed by atoms with van der Waals surface area (Å²) in [6, 6.07) is 1.18. The molecule has 2 atom stereocenters. The SMILES string of the molecule is CCc1nn(C)c2c1[nH]c(=S)n2C1CCN2CCCC12. The molecule has 108 valence electrons. The number of imidazole rings is 1. The fourth-order valence-corrected chi connectivity index (χ4v) is 4.47. The van der Waals surface area contributed by atoms with Crippen LogP contribution in [-0.2, 0) is 13.5 Å². The summed E-state index contributed by atoms with van der Waals surface area (Å²) < 4.78 is 5.20. The number of aromatic nitrogens is 4. The highest BCUT2D eigenvalue weighted by atomic mass is 32.1. The molecule has 2 fully saturated rings. The van der Waals surface area contributed by atoms with E-state index < -0.39 is 0 Å². The summed E-state index contributed by atoms with van der Waals surface area (Å²) >= 11 is 5.62. The number of aryl methyl sites for hydroxylation is 2. The number of hydrogen-bond donors (Lipinski definition) is 1. The Bertz CT molecular complexity index is 709. The van der Waals surface area contributed by atoms with Crippen LogP contribution in [0.15, 0.2) is 0 Å². The molecule has 0 aliphatic carbocycles. The molecule has 0 bridgehead atoms. The van der Waals surface area contributed by atoms with E-state index in [2.05, 4.69) is 26.5 Å². The lowest BCUT2D eigenvalue weighted by molar-refractivity contribution is 0.290. The first kappa shape index (κ1) is 12.6. The van der Waals surface area contributed by atoms with Gasteiger partial charge in [-0.2, -0.15) is 5.10 Å². The maximum atomic E-state index is 5.62. The van der Waals surface area contributed by atoms with Crippen LogP contribution >= 0.6 is 12.2 Å². The molecule has 1 N–H and O–H groups in total. The monoisotopic (exact) mass is 291 g/mol. The summed E-state index contributed by atoms with van der Waals surface area (Å²) in [5.41, 5.74) is 3.43. The van der Waals surface area contributed by atoms with E-state index >= 15 is 0 Å². The van der Waals surface area contributed by atoms with E-state index in [0.29, 0.717) is 12.1 Å². The number of nitrogens with one attached hydrogen (secondary N) is 1. The molecule has 20 heavy (non-hydrogen) atoms. The third kappa shape index (κ3) is 1.58. The minimum absolute atomic E-state index is 0.513. The van der Waals surface area contributed by atoms with E-state index in [9.17, 15) is 0 Å². The van der Waals surface area contributed by atoms with Crippen molar-refractivity contribution in [2.75, 3.05) is 13.1 Å². The zero-order chi connectivity index (χ0) is 13.9. The number of rotatable bonds is 2. The first-order chi connectivity index (χ1) is 9.70. The number of H-pyrrole nitrogens is 1. The van der Waals surface area contributed by atoms with Crippen LogP contribution in [0.1, 0.15) is 37.9 Å². The van der Waals surface area contributed by atoms with E-state index in [4.69, 9.17) is 12.2 Å². The van der Waals surface area contributed by atoms with E-state index in [-0.39, 0.29) is 0 Å². The topological polar surface area (TPSA) is 41.8 Å². The van der Waals surface area contributed by atoms with Crippen molar-refractivity contribution >= 4 is 23.4 Å². The molecule has 2 aromatic rings. The highest BCUT2D eigenvalue weighted by Gasteiger charge is 2.39. The van der Waals surface area contributed by atoms with Gasteiger partial charge in [-0.25, -0.2) is 0 Å². The van der Waals surface area contributed by atoms with Crippen molar-refractivity contribution in [3.05, 3.63) is 10.5 Å². The zero-order valence-corrected chi connectivity index (χ0v) is 12.9. The number of aromatic amines is 1. The van der Waals surface area contributed by atoms with Gasteiger partial charge >= 0.3 is 0 Å². The maximum absolute atomic E-state index is 5.62. The molecule has 2 aliphatic heterocycles. The second-order valence-electron chi connectivity index (χ2n) is 6.02. The van der Waals surface area contributed by atoms with Crippen molar-refractivity contribution < 1.29 is 0 Å². The molecule has 2 aliphatic rings. The summed E-state index contributed by atoms with van der Waals surface area (Å²) in [6.45, 7) is 4.61. The summed E-state index contributed by atoms with van der Waals surface area (Å²) in [7, 11) is 2.03. The zero-order valence-electron chi connectivity index (χ0n) is 12.1. The Morgan fingerprint density at radius 3 is 2.95 bits per heavy atom. The largest absolute Gasteiger partial charge is 0.328 e. The van der Waals surface area contributed by atoms with Gasteiger partial charge in [0.15, 0.2) is 10.4 Å². The van der Waals surface area contributed by atoms with Gasteiger partial charge in [0.2, 0.25) is 0 Å². The Morgan fingerprint density at radius 1 is 1.30 bits per heavy atom. The quantitative estimate of drug-likeness (QED) is 0.864. The van der Waals surface area contributed by atoms with Crippen LogP contribution in [-0.4, -0.2) is 43.4 Å². The van der Waals surface area contributed by atoms with Crippen molar-refractivity contribution in [3.63, 3.8) is 0 Å². The van der Waals surface area contributed by atoms with Crippen LogP contribution < -0.4 is 0 Å². The Kier molecular flexibility index (Phi) is 2.79. The first-order valence-electron chi connectivity index (χ1n) is 7.61. The lowest BCUT2D eigenvalue weighted by Crippen LogP contribution is -2.28. The van der Waals surface area contributed by atoms with E-state index in [1.165, 1.54) is 38.0 Å². The lowest BCUT2D eigenvalue weighted by Gasteiger charge is -2.21. The van der Waals surface area contributed by atoms with Gasteiger partial charge in [0.05, 0.1) is 11.7 Å². The standard InChI is InChI=1S/C14H21N5S/c1-3-9-12-13(17(2)16-9)19(14(20)15-12)11-6-8-18-7-4-5-10(11)18/h10-11H,3-8H2,1-2H3,(H,15,20). The van der Waals surface area contributed by atoms with Crippen molar-refractivity contribution in [3.8, 4) is 0 Å². The average Bonchev–Trinajstić information content (AvgIpc) is 3.12. The third-order valence-corrected chi connectivity index (χ3v) is 5.30. The molecule has 5 nitrogen and oxygen atoms in total. The Hall–Kier alpha value is -1.14. The molecule has 4 rings (SSSR count). The van der Waals surface area contributed by atoms with Gasteiger partial charge in [-0.3, -0.25) is 14.1 Å². The molecule has 2 unspecified atom stereocenters. The summed E-state index contributed by atoms with van der Waals surface area (Å²) in [5, 5.41) is 4.63. The number of fused-ring (bicyclic) bond motifs is 2. The molecule has 0 spiro atoms. The smallest absolute Gasteiger partial charge is 0.179 e. The molecule has 0 amide bonds. The molecule has 0 radical (unpaired) electrons. The predicted molar refractivity (Wildman–Crippen MR) is 81.5 cm³/mol. The van der Waals surface area contributed by atoms with Crippen LogP contribution in [0.4, 0.5) is 0 Å². The second-order valence-corrected chi connectivity index (χ2v) is 6.41. The van der Waals surface area contributed by atoms with E-state index in [1.54, 1.807) is 0 Å². The van der Waals surface area contributed by atoms with Crippen molar-refractivity contribution in [2.24, 2.45) is 7.05 Å². The third-order valence-electron chi connectivity index (χ3n) is 5.01. The molecular formula is C14H21N5S. The van der Waals surface area contributed by atoms with Crippen LogP contribution in [0, 0.1) is 4.77 Å². The highest BCUT2D eigenvalue weighted by Crippen LogP contribution is 2.38. The first-order valence-corrected chi connectivity index (χ1v) is 8.01. The van der Waals surface area contributed by atoms with Crippen LogP contribution in [0.5, 0.6) is 0 Å². The average molecular weight is 291 g/mol. The predicted octanol–water partition coefficient (Wildman–Crippen LogP) is 2.40. The fraction of sp³-hybridized carbons (Fsp3) is 0.714. The summed E-state index contributed by atoms with van der Waals surface area (Å²) in [4.78, 5) is 6.03. The molecule has 0 aromatic carbocycles. The summed E-state index contributed by atoms with van der Waals surface area (Å²) in [5.74, 6) is 0.